The van der Waals surface area contributed by atoms with E-state index in [0.717, 1.165) is 5.75 Å². The van der Waals surface area contributed by atoms with E-state index in [4.69, 9.17) is 4.74 Å². The lowest BCUT2D eigenvalue weighted by molar-refractivity contribution is 0.464. The van der Waals surface area contributed by atoms with Crippen LogP contribution in [0.3, 0.4) is 0 Å². The highest BCUT2D eigenvalue weighted by molar-refractivity contribution is 7.90. The number of ether oxygens (including phenoxy) is 1. The molecular formula is C17H14N4O3S. The highest BCUT2D eigenvalue weighted by Crippen LogP contribution is 2.25. The number of para-hydroxylation sites is 1. The van der Waals surface area contributed by atoms with Crippen molar-refractivity contribution in [3.8, 4) is 11.5 Å². The van der Waals surface area contributed by atoms with Crippen molar-refractivity contribution in [2.75, 3.05) is 12.3 Å². The zero-order valence-electron chi connectivity index (χ0n) is 13.1. The number of pyridine rings is 1. The predicted molar refractivity (Wildman–Crippen MR) is 95.1 cm³/mol. The monoisotopic (exact) mass is 354 g/mol. The van der Waals surface area contributed by atoms with Gasteiger partial charge in [-0.05, 0) is 30.3 Å². The van der Waals surface area contributed by atoms with E-state index in [2.05, 4.69) is 14.5 Å². The molecular weight excluding hydrogens is 340 g/mol. The minimum atomic E-state index is -3.46. The third-order valence-corrected chi connectivity index (χ3v) is 4.86. The van der Waals surface area contributed by atoms with E-state index in [1.54, 1.807) is 35.6 Å². The number of hydrazone groups is 1. The molecule has 0 atom stereocenters. The second-order valence-corrected chi connectivity index (χ2v) is 7.22. The number of benzene rings is 1. The first-order chi connectivity index (χ1) is 12.1. The molecule has 0 fully saturated rings. The van der Waals surface area contributed by atoms with Crippen LogP contribution in [0.4, 0.5) is 0 Å². The van der Waals surface area contributed by atoms with E-state index < -0.39 is 10.0 Å². The van der Waals surface area contributed by atoms with Gasteiger partial charge in [0.2, 0.25) is 0 Å². The molecule has 1 aromatic carbocycles. The van der Waals surface area contributed by atoms with Gasteiger partial charge in [0.15, 0.2) is 5.84 Å². The van der Waals surface area contributed by atoms with Gasteiger partial charge >= 0.3 is 0 Å². The standard InChI is InChI=1S/C17H14N4O3S/c22-25(23)11-10-21-17(20-25)15(8-9-19-21)16-7-6-14(12-18-16)24-13-4-2-1-3-5-13/h1-9,12H,10-11H2. The second-order valence-electron chi connectivity index (χ2n) is 5.46. The normalized spacial score (nSPS) is 18.2. The summed E-state index contributed by atoms with van der Waals surface area (Å²) in [7, 11) is -3.46. The summed E-state index contributed by atoms with van der Waals surface area (Å²) >= 11 is 0. The molecule has 1 aromatic heterocycles. The Kier molecular flexibility index (Phi) is 3.81. The van der Waals surface area contributed by atoms with Crippen molar-refractivity contribution >= 4 is 27.6 Å². The number of hydrogen-bond acceptors (Lipinski definition) is 6. The molecule has 0 bridgehead atoms. The maximum absolute atomic E-state index is 11.8. The molecule has 126 valence electrons. The topological polar surface area (TPSA) is 84.2 Å². The lowest BCUT2D eigenvalue weighted by Crippen LogP contribution is -2.38. The van der Waals surface area contributed by atoms with Gasteiger partial charge in [-0.2, -0.15) is 5.10 Å². The average molecular weight is 354 g/mol. The first-order valence-electron chi connectivity index (χ1n) is 7.65. The molecule has 4 rings (SSSR count). The Hall–Kier alpha value is -3.00. The van der Waals surface area contributed by atoms with Crippen LogP contribution in [0, 0.1) is 0 Å². The van der Waals surface area contributed by atoms with Crippen molar-refractivity contribution in [2.24, 2.45) is 9.50 Å². The van der Waals surface area contributed by atoms with Gasteiger partial charge in [0.25, 0.3) is 10.0 Å². The first kappa shape index (κ1) is 15.5. The Balaban J connectivity index is 1.62. The van der Waals surface area contributed by atoms with Gasteiger partial charge < -0.3 is 4.74 Å². The summed E-state index contributed by atoms with van der Waals surface area (Å²) in [5.74, 6) is 1.57. The molecule has 8 heteroatoms. The molecule has 0 saturated heterocycles. The highest BCUT2D eigenvalue weighted by Gasteiger charge is 2.29. The van der Waals surface area contributed by atoms with Crippen molar-refractivity contribution in [1.82, 2.24) is 9.99 Å². The number of allylic oxidation sites excluding steroid dienone is 1. The number of fused-ring (bicyclic) bond motifs is 1. The number of nitrogens with zero attached hydrogens (tertiary/aromatic N) is 4. The number of sulfonamides is 1. The molecule has 0 radical (unpaired) electrons. The summed E-state index contributed by atoms with van der Waals surface area (Å²) in [5, 5.41) is 5.73. The predicted octanol–water partition coefficient (Wildman–Crippen LogP) is 2.30. The minimum Gasteiger partial charge on any atom is -0.456 e. The quantitative estimate of drug-likeness (QED) is 0.844. The maximum Gasteiger partial charge on any atom is 0.256 e. The fourth-order valence-electron chi connectivity index (χ4n) is 2.52. The number of rotatable bonds is 3. The molecule has 25 heavy (non-hydrogen) atoms. The molecule has 0 amide bonds. The highest BCUT2D eigenvalue weighted by atomic mass is 32.2. The van der Waals surface area contributed by atoms with Crippen LogP contribution in [0.5, 0.6) is 11.5 Å². The summed E-state index contributed by atoms with van der Waals surface area (Å²) in [5.41, 5.74) is 1.22. The number of aromatic nitrogens is 1. The molecule has 2 aliphatic rings. The van der Waals surface area contributed by atoms with Gasteiger partial charge in [0.05, 0.1) is 24.2 Å². The fraction of sp³-hybridized carbons (Fsp3) is 0.118. The summed E-state index contributed by atoms with van der Waals surface area (Å²) in [4.78, 5) is 4.38. The molecule has 0 spiro atoms. The van der Waals surface area contributed by atoms with Crippen molar-refractivity contribution < 1.29 is 13.2 Å². The summed E-state index contributed by atoms with van der Waals surface area (Å²) < 4.78 is 33.2. The van der Waals surface area contributed by atoms with Crippen molar-refractivity contribution in [3.05, 3.63) is 60.4 Å². The van der Waals surface area contributed by atoms with Crippen LogP contribution in [0.15, 0.2) is 64.2 Å². The van der Waals surface area contributed by atoms with Crippen LogP contribution in [0.1, 0.15) is 5.69 Å². The Morgan fingerprint density at radius 2 is 1.88 bits per heavy atom. The molecule has 2 aliphatic heterocycles. The number of amidine groups is 1. The number of hydrogen-bond donors (Lipinski definition) is 0. The second kappa shape index (κ2) is 6.14. The Morgan fingerprint density at radius 1 is 1.04 bits per heavy atom. The van der Waals surface area contributed by atoms with E-state index in [-0.39, 0.29) is 12.3 Å². The van der Waals surface area contributed by atoms with E-state index in [9.17, 15) is 8.42 Å². The van der Waals surface area contributed by atoms with Crippen LogP contribution in [0.25, 0.3) is 5.57 Å². The van der Waals surface area contributed by atoms with Crippen LogP contribution < -0.4 is 4.74 Å². The van der Waals surface area contributed by atoms with Crippen molar-refractivity contribution in [1.29, 1.82) is 0 Å². The molecule has 0 aliphatic carbocycles. The lowest BCUT2D eigenvalue weighted by atomic mass is 10.1. The maximum atomic E-state index is 11.8. The van der Waals surface area contributed by atoms with Crippen LogP contribution in [-0.4, -0.2) is 42.8 Å². The molecule has 0 saturated carbocycles. The van der Waals surface area contributed by atoms with E-state index in [1.165, 1.54) is 0 Å². The molecule has 0 unspecified atom stereocenters. The Bertz CT molecular complexity index is 980. The SMILES string of the molecule is O=S1(=O)CCN2N=CC=C(c3ccc(Oc4ccccc4)cn3)C2=N1. The van der Waals surface area contributed by atoms with E-state index >= 15 is 0 Å². The summed E-state index contributed by atoms with van der Waals surface area (Å²) in [6.07, 6.45) is 4.91. The molecule has 3 heterocycles. The fourth-order valence-corrected chi connectivity index (χ4v) is 3.47. The molecule has 0 N–H and O–H groups in total. The van der Waals surface area contributed by atoms with Crippen molar-refractivity contribution in [2.45, 2.75) is 0 Å². The van der Waals surface area contributed by atoms with Gasteiger partial charge in [-0.1, -0.05) is 18.2 Å². The Morgan fingerprint density at radius 3 is 2.64 bits per heavy atom. The van der Waals surface area contributed by atoms with Crippen LogP contribution in [-0.2, 0) is 10.0 Å². The smallest absolute Gasteiger partial charge is 0.256 e. The van der Waals surface area contributed by atoms with Crippen LogP contribution in [0.2, 0.25) is 0 Å². The van der Waals surface area contributed by atoms with Gasteiger partial charge in [-0.25, -0.2) is 13.4 Å². The lowest BCUT2D eigenvalue weighted by Gasteiger charge is -2.27. The Labute approximate surface area is 145 Å². The summed E-state index contributed by atoms with van der Waals surface area (Å²) in [6, 6.07) is 12.9. The van der Waals surface area contributed by atoms with Crippen LogP contribution >= 0.6 is 0 Å². The first-order valence-corrected chi connectivity index (χ1v) is 9.26. The van der Waals surface area contributed by atoms with Crippen molar-refractivity contribution in [3.63, 3.8) is 0 Å². The van der Waals surface area contributed by atoms with E-state index in [1.807, 2.05) is 30.3 Å². The van der Waals surface area contributed by atoms with Gasteiger partial charge in [0.1, 0.15) is 11.5 Å². The van der Waals surface area contributed by atoms with Gasteiger partial charge in [-0.3, -0.25) is 4.98 Å². The third kappa shape index (κ3) is 3.29. The molecule has 7 nitrogen and oxygen atoms in total. The zero-order valence-corrected chi connectivity index (χ0v) is 13.9. The third-order valence-electron chi connectivity index (χ3n) is 3.71. The van der Waals surface area contributed by atoms with Gasteiger partial charge in [-0.15, -0.1) is 4.40 Å². The largest absolute Gasteiger partial charge is 0.456 e. The molecule has 2 aromatic rings. The summed E-state index contributed by atoms with van der Waals surface area (Å²) in [6.45, 7) is 0.282. The van der Waals surface area contributed by atoms with Gasteiger partial charge in [0, 0.05) is 11.8 Å². The zero-order chi connectivity index (χ0) is 17.3. The van der Waals surface area contributed by atoms with E-state index in [0.29, 0.717) is 22.9 Å². The average Bonchev–Trinajstić information content (AvgIpc) is 2.62. The minimum absolute atomic E-state index is 0.0433.